The van der Waals surface area contributed by atoms with Gasteiger partial charge in [0.05, 0.1) is 5.57 Å². The van der Waals surface area contributed by atoms with E-state index in [4.69, 9.17) is 14.8 Å². The Bertz CT molecular complexity index is 1860. The fourth-order valence-electron chi connectivity index (χ4n) is 5.29. The summed E-state index contributed by atoms with van der Waals surface area (Å²) in [5.41, 5.74) is 5.75. The lowest BCUT2D eigenvalue weighted by Gasteiger charge is -2.28. The molecular formula is C37H36FN5O2S. The zero-order valence-electron chi connectivity index (χ0n) is 26.3. The van der Waals surface area contributed by atoms with Crippen molar-refractivity contribution < 1.29 is 13.9 Å². The lowest BCUT2D eigenvalue weighted by atomic mass is 9.87. The third-order valence-electron chi connectivity index (χ3n) is 7.85. The van der Waals surface area contributed by atoms with Gasteiger partial charge in [0.15, 0.2) is 0 Å². The molecule has 0 spiro atoms. The van der Waals surface area contributed by atoms with Crippen LogP contribution in [0.4, 0.5) is 16.0 Å². The molecule has 0 fully saturated rings. The number of nitrogens with one attached hydrogen (secondary N) is 2. The number of fused-ring (bicyclic) bond motifs is 1. The Kier molecular flexibility index (Phi) is 8.94. The van der Waals surface area contributed by atoms with Crippen LogP contribution in [0.25, 0.3) is 0 Å². The molecule has 1 aliphatic rings. The molecule has 1 unspecified atom stereocenters. The van der Waals surface area contributed by atoms with Gasteiger partial charge in [-0.15, -0.1) is 5.10 Å². The number of carbonyl (C=O) groups excluding carboxylic acids is 1. The number of benzene rings is 4. The molecule has 4 aromatic carbocycles. The monoisotopic (exact) mass is 633 g/mol. The minimum absolute atomic E-state index is 0.0940. The Labute approximate surface area is 272 Å². The number of hydrogen-bond acceptors (Lipinski definition) is 6. The predicted octanol–water partition coefficient (Wildman–Crippen LogP) is 8.51. The Hall–Kier alpha value is -4.89. The van der Waals surface area contributed by atoms with E-state index in [1.54, 1.807) is 16.8 Å². The number of rotatable bonds is 9. The standard InChI is InChI=1S/C37H36FN5O2S/c1-24-32(34(44)40-29-11-6-5-7-12-29)33(43-35(39-24)41-36(42-43)46-23-27-10-8-9-13-31(27)38)26-16-20-30(21-17-26)45-22-25-14-18-28(19-15-25)37(2,3)4/h5-21,33H,22-23H2,1-4H3,(H,40,44)(H,39,41,42). The summed E-state index contributed by atoms with van der Waals surface area (Å²) in [6.07, 6.45) is 0. The molecule has 6 rings (SSSR count). The van der Waals surface area contributed by atoms with Crippen molar-refractivity contribution in [3.8, 4) is 5.75 Å². The number of allylic oxidation sites excluding steroid dienone is 1. The molecule has 9 heteroatoms. The fourth-order valence-corrected chi connectivity index (χ4v) is 6.10. The Morgan fingerprint density at radius 2 is 1.65 bits per heavy atom. The van der Waals surface area contributed by atoms with Crippen LogP contribution in [0.15, 0.2) is 120 Å². The van der Waals surface area contributed by atoms with Crippen molar-refractivity contribution in [2.75, 3.05) is 10.6 Å². The highest BCUT2D eigenvalue weighted by Crippen LogP contribution is 2.38. The largest absolute Gasteiger partial charge is 0.489 e. The third kappa shape index (κ3) is 7.00. The third-order valence-corrected chi connectivity index (χ3v) is 8.73. The molecule has 46 heavy (non-hydrogen) atoms. The van der Waals surface area contributed by atoms with Crippen LogP contribution < -0.4 is 15.4 Å². The van der Waals surface area contributed by atoms with E-state index in [1.165, 1.54) is 23.4 Å². The molecule has 1 aromatic heterocycles. The van der Waals surface area contributed by atoms with Gasteiger partial charge in [-0.25, -0.2) is 9.07 Å². The summed E-state index contributed by atoms with van der Waals surface area (Å²) >= 11 is 1.34. The zero-order chi connectivity index (χ0) is 32.3. The zero-order valence-corrected chi connectivity index (χ0v) is 27.1. The normalized spacial score (nSPS) is 14.4. The van der Waals surface area contributed by atoms with E-state index in [1.807, 2.05) is 67.6 Å². The van der Waals surface area contributed by atoms with Crippen molar-refractivity contribution in [1.29, 1.82) is 0 Å². The maximum Gasteiger partial charge on any atom is 0.255 e. The van der Waals surface area contributed by atoms with Gasteiger partial charge in [0, 0.05) is 17.1 Å². The van der Waals surface area contributed by atoms with Crippen LogP contribution >= 0.6 is 11.8 Å². The average molecular weight is 634 g/mol. The molecule has 7 nitrogen and oxygen atoms in total. The van der Waals surface area contributed by atoms with Crippen LogP contribution in [0.1, 0.15) is 56.0 Å². The maximum absolute atomic E-state index is 14.3. The Morgan fingerprint density at radius 1 is 0.957 bits per heavy atom. The number of halogens is 1. The molecule has 0 saturated carbocycles. The van der Waals surface area contributed by atoms with E-state index >= 15 is 0 Å². The molecule has 1 atom stereocenters. The highest BCUT2D eigenvalue weighted by Gasteiger charge is 2.34. The van der Waals surface area contributed by atoms with Crippen LogP contribution in [-0.2, 0) is 22.6 Å². The summed E-state index contributed by atoms with van der Waals surface area (Å²) in [5, 5.41) is 11.6. The van der Waals surface area contributed by atoms with Crippen molar-refractivity contribution in [3.05, 3.63) is 142 Å². The molecule has 0 aliphatic carbocycles. The van der Waals surface area contributed by atoms with Gasteiger partial charge in [0.2, 0.25) is 11.1 Å². The second kappa shape index (κ2) is 13.2. The van der Waals surface area contributed by atoms with Crippen molar-refractivity contribution in [2.45, 2.75) is 56.7 Å². The van der Waals surface area contributed by atoms with Gasteiger partial charge < -0.3 is 15.4 Å². The predicted molar refractivity (Wildman–Crippen MR) is 181 cm³/mol. The van der Waals surface area contributed by atoms with Gasteiger partial charge in [-0.1, -0.05) is 105 Å². The first-order valence-electron chi connectivity index (χ1n) is 15.1. The van der Waals surface area contributed by atoms with Crippen molar-refractivity contribution in [3.63, 3.8) is 0 Å². The van der Waals surface area contributed by atoms with E-state index in [0.29, 0.717) is 51.7 Å². The summed E-state index contributed by atoms with van der Waals surface area (Å²) in [4.78, 5) is 18.5. The topological polar surface area (TPSA) is 81.1 Å². The summed E-state index contributed by atoms with van der Waals surface area (Å²) < 4.78 is 22.1. The molecular weight excluding hydrogens is 598 g/mol. The molecule has 2 heterocycles. The number of hydrogen-bond donors (Lipinski definition) is 2. The molecule has 1 amide bonds. The first-order chi connectivity index (χ1) is 22.2. The lowest BCUT2D eigenvalue weighted by molar-refractivity contribution is -0.113. The number of anilines is 2. The van der Waals surface area contributed by atoms with Gasteiger partial charge in [0.25, 0.3) is 5.91 Å². The molecule has 1 aliphatic heterocycles. The van der Waals surface area contributed by atoms with Crippen molar-refractivity contribution in [2.24, 2.45) is 0 Å². The van der Waals surface area contributed by atoms with Crippen molar-refractivity contribution in [1.82, 2.24) is 14.8 Å². The lowest BCUT2D eigenvalue weighted by Crippen LogP contribution is -2.31. The number of nitrogens with zero attached hydrogens (tertiary/aromatic N) is 3. The molecule has 0 radical (unpaired) electrons. The van der Waals surface area contributed by atoms with Crippen LogP contribution in [-0.4, -0.2) is 20.7 Å². The first-order valence-corrected chi connectivity index (χ1v) is 16.1. The van der Waals surface area contributed by atoms with Crippen molar-refractivity contribution >= 4 is 29.3 Å². The molecule has 0 saturated heterocycles. The number of aromatic nitrogens is 3. The minimum atomic E-state index is -0.561. The maximum atomic E-state index is 14.3. The highest BCUT2D eigenvalue weighted by molar-refractivity contribution is 7.98. The highest BCUT2D eigenvalue weighted by atomic mass is 32.2. The molecule has 5 aromatic rings. The van der Waals surface area contributed by atoms with Crippen LogP contribution in [0.3, 0.4) is 0 Å². The average Bonchev–Trinajstić information content (AvgIpc) is 3.45. The van der Waals surface area contributed by atoms with Gasteiger partial charge in [-0.3, -0.25) is 4.79 Å². The fraction of sp³-hybridized carbons (Fsp3) is 0.216. The van der Waals surface area contributed by atoms with E-state index in [9.17, 15) is 9.18 Å². The number of thioether (sulfide) groups is 1. The number of para-hydroxylation sites is 1. The second-order valence-corrected chi connectivity index (χ2v) is 13.2. The minimum Gasteiger partial charge on any atom is -0.489 e. The molecule has 2 N–H and O–H groups in total. The summed E-state index contributed by atoms with van der Waals surface area (Å²) in [6, 6.07) is 31.7. The summed E-state index contributed by atoms with van der Waals surface area (Å²) in [6.45, 7) is 8.90. The van der Waals surface area contributed by atoms with Crippen LogP contribution in [0, 0.1) is 5.82 Å². The quantitative estimate of drug-likeness (QED) is 0.158. The van der Waals surface area contributed by atoms with Gasteiger partial charge >= 0.3 is 0 Å². The Morgan fingerprint density at radius 3 is 2.35 bits per heavy atom. The van der Waals surface area contributed by atoms with Crippen LogP contribution in [0.5, 0.6) is 5.75 Å². The van der Waals surface area contributed by atoms with E-state index < -0.39 is 6.04 Å². The summed E-state index contributed by atoms with van der Waals surface area (Å²) in [7, 11) is 0. The van der Waals surface area contributed by atoms with Gasteiger partial charge in [-0.2, -0.15) is 4.98 Å². The van der Waals surface area contributed by atoms with Gasteiger partial charge in [-0.05, 0) is 64.9 Å². The van der Waals surface area contributed by atoms with Crippen LogP contribution in [0.2, 0.25) is 0 Å². The molecule has 0 bridgehead atoms. The number of amides is 1. The second-order valence-electron chi connectivity index (χ2n) is 12.2. The first kappa shape index (κ1) is 31.1. The smallest absolute Gasteiger partial charge is 0.255 e. The molecule has 234 valence electrons. The van der Waals surface area contributed by atoms with E-state index in [0.717, 1.165) is 11.1 Å². The Balaban J connectivity index is 1.26. The number of ether oxygens (including phenoxy) is 1. The number of carbonyl (C=O) groups is 1. The SMILES string of the molecule is CC1=C(C(=O)Nc2ccccc2)C(c2ccc(OCc3ccc(C(C)(C)C)cc3)cc2)n2nc(SCc3ccccc3F)nc2N1. The van der Waals surface area contributed by atoms with E-state index in [2.05, 4.69) is 55.7 Å². The summed E-state index contributed by atoms with van der Waals surface area (Å²) in [5.74, 6) is 1.08. The van der Waals surface area contributed by atoms with Gasteiger partial charge in [0.1, 0.15) is 24.2 Å². The van der Waals surface area contributed by atoms with E-state index in [-0.39, 0.29) is 17.1 Å².